The molecule has 1 N–H and O–H groups in total. The van der Waals surface area contributed by atoms with Crippen molar-refractivity contribution >= 4 is 15.7 Å². The lowest BCUT2D eigenvalue weighted by molar-refractivity contribution is 0.0410. The molecule has 0 bridgehead atoms. The number of hydrogen-bond donors (Lipinski definition) is 1. The molecule has 0 spiro atoms. The zero-order valence-corrected chi connectivity index (χ0v) is 14.7. The van der Waals surface area contributed by atoms with E-state index in [0.29, 0.717) is 24.5 Å². The van der Waals surface area contributed by atoms with Crippen LogP contribution < -0.4 is 0 Å². The van der Waals surface area contributed by atoms with E-state index in [1.54, 1.807) is 23.4 Å². The molecule has 2 aromatic rings. The third kappa shape index (κ3) is 2.85. The van der Waals surface area contributed by atoms with E-state index in [1.807, 2.05) is 25.2 Å². The van der Waals surface area contributed by atoms with Crippen molar-refractivity contribution in [3.63, 3.8) is 0 Å². The van der Waals surface area contributed by atoms with Gasteiger partial charge in [-0.15, -0.1) is 0 Å². The molecule has 132 valence electrons. The molecule has 1 aromatic heterocycles. The number of aromatic nitrogens is 2. The number of rotatable bonds is 2. The predicted octanol–water partition coefficient (Wildman–Crippen LogP) is 0.630. The number of aromatic amines is 1. The van der Waals surface area contributed by atoms with Gasteiger partial charge in [0, 0.05) is 37.1 Å². The van der Waals surface area contributed by atoms with Gasteiger partial charge >= 0.3 is 0 Å². The van der Waals surface area contributed by atoms with Crippen molar-refractivity contribution in [2.45, 2.75) is 12.1 Å². The van der Waals surface area contributed by atoms with Crippen LogP contribution in [0.1, 0.15) is 10.4 Å². The number of nitrogens with zero attached hydrogens (tertiary/aromatic N) is 3. The number of hydrogen-bond acceptors (Lipinski definition) is 5. The molecule has 7 nitrogen and oxygen atoms in total. The molecular formula is C17H20N4O3S. The fourth-order valence-electron chi connectivity index (χ4n) is 3.82. The number of fused-ring (bicyclic) bond motifs is 1. The van der Waals surface area contributed by atoms with E-state index in [0.717, 1.165) is 5.56 Å². The molecule has 2 aliphatic heterocycles. The Morgan fingerprint density at radius 1 is 1.20 bits per heavy atom. The van der Waals surface area contributed by atoms with E-state index < -0.39 is 9.84 Å². The molecule has 2 aliphatic rings. The summed E-state index contributed by atoms with van der Waals surface area (Å²) < 4.78 is 24.2. The minimum absolute atomic E-state index is 0.0384. The summed E-state index contributed by atoms with van der Waals surface area (Å²) in [6.07, 6.45) is 3.36. The molecule has 1 amide bonds. The molecule has 2 saturated heterocycles. The summed E-state index contributed by atoms with van der Waals surface area (Å²) in [5.41, 5.74) is 1.28. The van der Waals surface area contributed by atoms with E-state index >= 15 is 0 Å². The Balaban J connectivity index is 1.70. The van der Waals surface area contributed by atoms with E-state index in [1.165, 1.54) is 0 Å². The van der Waals surface area contributed by atoms with Crippen LogP contribution in [0.2, 0.25) is 0 Å². The lowest BCUT2D eigenvalue weighted by atomic mass is 10.0. The first-order valence-electron chi connectivity index (χ1n) is 8.27. The number of carbonyl (C=O) groups excluding carboxylic acids is 1. The summed E-state index contributed by atoms with van der Waals surface area (Å²) in [4.78, 5) is 24.3. The lowest BCUT2D eigenvalue weighted by Gasteiger charge is -2.42. The predicted molar refractivity (Wildman–Crippen MR) is 93.9 cm³/mol. The molecule has 0 aliphatic carbocycles. The first kappa shape index (κ1) is 16.3. The van der Waals surface area contributed by atoms with E-state index in [9.17, 15) is 13.2 Å². The molecule has 0 unspecified atom stereocenters. The SMILES string of the molecule is CN1CCN(C(=O)c2ccccc2-c2ncc[nH]2)[C@H]2CS(=O)(=O)C[C@H]21. The molecule has 1 aromatic carbocycles. The van der Waals surface area contributed by atoms with E-state index in [2.05, 4.69) is 14.9 Å². The molecule has 3 heterocycles. The van der Waals surface area contributed by atoms with Gasteiger partial charge in [-0.25, -0.2) is 13.4 Å². The molecule has 4 rings (SSSR count). The Bertz CT molecular complexity index is 894. The number of H-pyrrole nitrogens is 1. The van der Waals surface area contributed by atoms with Gasteiger partial charge in [-0.1, -0.05) is 18.2 Å². The summed E-state index contributed by atoms with van der Waals surface area (Å²) >= 11 is 0. The molecule has 25 heavy (non-hydrogen) atoms. The summed E-state index contributed by atoms with van der Waals surface area (Å²) in [6.45, 7) is 1.20. The molecular weight excluding hydrogens is 340 g/mol. The Labute approximate surface area is 146 Å². The number of nitrogens with one attached hydrogen (secondary N) is 1. The first-order chi connectivity index (χ1) is 12.0. The monoisotopic (exact) mass is 360 g/mol. The number of benzene rings is 1. The van der Waals surface area contributed by atoms with Crippen LogP contribution in [0.25, 0.3) is 11.4 Å². The maximum atomic E-state index is 13.2. The maximum Gasteiger partial charge on any atom is 0.254 e. The van der Waals surface area contributed by atoms with Crippen molar-refractivity contribution < 1.29 is 13.2 Å². The van der Waals surface area contributed by atoms with Crippen molar-refractivity contribution in [3.05, 3.63) is 42.2 Å². The highest BCUT2D eigenvalue weighted by Crippen LogP contribution is 2.29. The number of likely N-dealkylation sites (N-methyl/N-ethyl adjacent to an activating group) is 1. The van der Waals surface area contributed by atoms with Gasteiger partial charge in [-0.05, 0) is 13.1 Å². The zero-order valence-electron chi connectivity index (χ0n) is 13.9. The third-order valence-electron chi connectivity index (χ3n) is 5.13. The fourth-order valence-corrected chi connectivity index (χ4v) is 5.88. The van der Waals surface area contributed by atoms with Crippen LogP contribution in [0.5, 0.6) is 0 Å². The molecule has 2 fully saturated rings. The van der Waals surface area contributed by atoms with Gasteiger partial charge in [-0.2, -0.15) is 0 Å². The van der Waals surface area contributed by atoms with Gasteiger partial charge in [0.2, 0.25) is 0 Å². The molecule has 0 radical (unpaired) electrons. The first-order valence-corrected chi connectivity index (χ1v) is 10.1. The minimum Gasteiger partial charge on any atom is -0.345 e. The van der Waals surface area contributed by atoms with Crippen LogP contribution in [-0.4, -0.2) is 77.8 Å². The van der Waals surface area contributed by atoms with Gasteiger partial charge < -0.3 is 9.88 Å². The maximum absolute atomic E-state index is 13.2. The van der Waals surface area contributed by atoms with Crippen LogP contribution in [0.15, 0.2) is 36.7 Å². The highest BCUT2D eigenvalue weighted by molar-refractivity contribution is 7.91. The number of amides is 1. The van der Waals surface area contributed by atoms with Gasteiger partial charge in [0.25, 0.3) is 5.91 Å². The van der Waals surface area contributed by atoms with Gasteiger partial charge in [-0.3, -0.25) is 9.69 Å². The summed E-state index contributed by atoms with van der Waals surface area (Å²) in [6, 6.07) is 6.89. The van der Waals surface area contributed by atoms with Crippen LogP contribution in [-0.2, 0) is 9.84 Å². The summed E-state index contributed by atoms with van der Waals surface area (Å²) in [5, 5.41) is 0. The lowest BCUT2D eigenvalue weighted by Crippen LogP contribution is -2.59. The third-order valence-corrected chi connectivity index (χ3v) is 6.82. The van der Waals surface area contributed by atoms with Crippen molar-refractivity contribution in [1.82, 2.24) is 19.8 Å². The molecule has 0 saturated carbocycles. The van der Waals surface area contributed by atoms with Crippen molar-refractivity contribution in [1.29, 1.82) is 0 Å². The minimum atomic E-state index is -3.12. The fraction of sp³-hybridized carbons (Fsp3) is 0.412. The van der Waals surface area contributed by atoms with Crippen molar-refractivity contribution in [3.8, 4) is 11.4 Å². The zero-order chi connectivity index (χ0) is 17.6. The average molecular weight is 360 g/mol. The van der Waals surface area contributed by atoms with E-state index in [-0.39, 0.29) is 29.5 Å². The average Bonchev–Trinajstić information content (AvgIpc) is 3.22. The van der Waals surface area contributed by atoms with Crippen molar-refractivity contribution in [2.75, 3.05) is 31.6 Å². The molecule has 2 atom stereocenters. The van der Waals surface area contributed by atoms with Crippen LogP contribution in [0, 0.1) is 0 Å². The van der Waals surface area contributed by atoms with E-state index in [4.69, 9.17) is 0 Å². The Morgan fingerprint density at radius 2 is 1.96 bits per heavy atom. The Morgan fingerprint density at radius 3 is 2.72 bits per heavy atom. The van der Waals surface area contributed by atoms with Crippen LogP contribution in [0.3, 0.4) is 0 Å². The van der Waals surface area contributed by atoms with Crippen molar-refractivity contribution in [2.24, 2.45) is 0 Å². The molecule has 8 heteroatoms. The largest absolute Gasteiger partial charge is 0.345 e. The number of sulfone groups is 1. The topological polar surface area (TPSA) is 86.4 Å². The van der Waals surface area contributed by atoms with Gasteiger partial charge in [0.05, 0.1) is 23.1 Å². The quantitative estimate of drug-likeness (QED) is 0.849. The second-order valence-electron chi connectivity index (χ2n) is 6.67. The highest BCUT2D eigenvalue weighted by atomic mass is 32.2. The number of imidazole rings is 1. The van der Waals surface area contributed by atoms with Gasteiger partial charge in [0.15, 0.2) is 9.84 Å². The highest BCUT2D eigenvalue weighted by Gasteiger charge is 2.47. The smallest absolute Gasteiger partial charge is 0.254 e. The summed E-state index contributed by atoms with van der Waals surface area (Å²) in [7, 11) is -1.19. The Hall–Kier alpha value is -2.19. The van der Waals surface area contributed by atoms with Crippen LogP contribution >= 0.6 is 0 Å². The number of piperazine rings is 1. The second kappa shape index (κ2) is 5.96. The normalized spacial score (nSPS) is 25.7. The second-order valence-corrected chi connectivity index (χ2v) is 8.83. The standard InChI is InChI=1S/C17H20N4O3S/c1-20-8-9-21(15-11-25(23,24)10-14(15)20)17(22)13-5-3-2-4-12(13)16-18-6-7-19-16/h2-7,14-15H,8-11H2,1H3,(H,18,19)/t14-,15+/m1/s1. The van der Waals surface area contributed by atoms with Crippen LogP contribution in [0.4, 0.5) is 0 Å². The number of carbonyl (C=O) groups is 1. The van der Waals surface area contributed by atoms with Gasteiger partial charge in [0.1, 0.15) is 5.82 Å². The Kier molecular flexibility index (Phi) is 3.88. The summed E-state index contributed by atoms with van der Waals surface area (Å²) in [5.74, 6) is 0.662.